The van der Waals surface area contributed by atoms with Gasteiger partial charge < -0.3 is 4.90 Å². The van der Waals surface area contributed by atoms with Gasteiger partial charge in [-0.2, -0.15) is 0 Å². The molecule has 0 N–H and O–H groups in total. The van der Waals surface area contributed by atoms with Crippen LogP contribution in [0.5, 0.6) is 0 Å². The van der Waals surface area contributed by atoms with Gasteiger partial charge in [-0.1, -0.05) is 35.9 Å². The van der Waals surface area contributed by atoms with Crippen LogP contribution in [0.4, 0.5) is 0 Å². The number of thiazole rings is 1. The Morgan fingerprint density at radius 3 is 2.81 bits per heavy atom. The molecule has 0 atom stereocenters. The average molecular weight is 397 g/mol. The van der Waals surface area contributed by atoms with E-state index >= 15 is 0 Å². The molecular formula is C20H17ClN4OS. The van der Waals surface area contributed by atoms with Crippen LogP contribution in [0.15, 0.2) is 60.2 Å². The number of likely N-dealkylation sites (N-methyl/N-ethyl adjacent to an activating group) is 1. The van der Waals surface area contributed by atoms with E-state index in [1.54, 1.807) is 18.1 Å². The summed E-state index contributed by atoms with van der Waals surface area (Å²) in [4.78, 5) is 24.3. The summed E-state index contributed by atoms with van der Waals surface area (Å²) >= 11 is 7.72. The van der Waals surface area contributed by atoms with Gasteiger partial charge in [0.1, 0.15) is 5.69 Å². The normalized spacial score (nSPS) is 11.0. The highest BCUT2D eigenvalue weighted by atomic mass is 35.5. The lowest BCUT2D eigenvalue weighted by Crippen LogP contribution is -2.29. The van der Waals surface area contributed by atoms with E-state index in [0.717, 1.165) is 21.9 Å². The molecule has 136 valence electrons. The Morgan fingerprint density at radius 2 is 2.04 bits per heavy atom. The fourth-order valence-corrected chi connectivity index (χ4v) is 3.94. The molecule has 0 saturated heterocycles. The zero-order chi connectivity index (χ0) is 18.8. The van der Waals surface area contributed by atoms with Crippen molar-refractivity contribution in [3.8, 4) is 11.3 Å². The summed E-state index contributed by atoms with van der Waals surface area (Å²) < 4.78 is 1.84. The van der Waals surface area contributed by atoms with Crippen molar-refractivity contribution >= 4 is 33.8 Å². The number of aromatic nitrogens is 3. The van der Waals surface area contributed by atoms with Crippen LogP contribution in [0.3, 0.4) is 0 Å². The maximum Gasteiger partial charge on any atom is 0.271 e. The standard InChI is InChI=1S/C20H17ClN4OS/c1-24(11-9-14-6-4-5-10-22-14)19(26)18-13-27-20-23-17(12-25(18)20)15-7-2-3-8-16(15)21/h2-8,10,12-13H,9,11H2,1H3. The third-order valence-corrected chi connectivity index (χ3v) is 5.52. The Kier molecular flexibility index (Phi) is 4.92. The number of benzene rings is 1. The molecule has 0 aliphatic heterocycles. The molecule has 4 rings (SSSR count). The molecule has 27 heavy (non-hydrogen) atoms. The van der Waals surface area contributed by atoms with Gasteiger partial charge in [0, 0.05) is 49.0 Å². The zero-order valence-electron chi connectivity index (χ0n) is 14.7. The van der Waals surface area contributed by atoms with Crippen LogP contribution in [0.25, 0.3) is 16.2 Å². The number of hydrogen-bond acceptors (Lipinski definition) is 4. The van der Waals surface area contributed by atoms with Crippen molar-refractivity contribution in [3.05, 3.63) is 76.6 Å². The van der Waals surface area contributed by atoms with Gasteiger partial charge in [0.15, 0.2) is 4.96 Å². The predicted octanol–water partition coefficient (Wildman–Crippen LogP) is 4.43. The minimum absolute atomic E-state index is 0.0414. The maximum absolute atomic E-state index is 12.9. The van der Waals surface area contributed by atoms with Crippen molar-refractivity contribution in [3.63, 3.8) is 0 Å². The van der Waals surface area contributed by atoms with Crippen LogP contribution in [0, 0.1) is 0 Å². The van der Waals surface area contributed by atoms with Crippen molar-refractivity contribution in [1.82, 2.24) is 19.3 Å². The molecule has 7 heteroatoms. The van der Waals surface area contributed by atoms with Crippen molar-refractivity contribution in [2.45, 2.75) is 6.42 Å². The van der Waals surface area contributed by atoms with E-state index in [1.165, 1.54) is 11.3 Å². The van der Waals surface area contributed by atoms with E-state index in [9.17, 15) is 4.79 Å². The smallest absolute Gasteiger partial charge is 0.271 e. The Balaban J connectivity index is 1.56. The fourth-order valence-electron chi connectivity index (χ4n) is 2.86. The lowest BCUT2D eigenvalue weighted by atomic mass is 10.2. The van der Waals surface area contributed by atoms with Gasteiger partial charge in [-0.3, -0.25) is 14.2 Å². The summed E-state index contributed by atoms with van der Waals surface area (Å²) in [6, 6.07) is 13.4. The number of hydrogen-bond donors (Lipinski definition) is 0. The second-order valence-corrected chi connectivity index (χ2v) is 7.42. The van der Waals surface area contributed by atoms with Gasteiger partial charge in [-0.05, 0) is 18.2 Å². The number of pyridine rings is 1. The van der Waals surface area contributed by atoms with Gasteiger partial charge in [-0.25, -0.2) is 4.98 Å². The van der Waals surface area contributed by atoms with Gasteiger partial charge >= 0.3 is 0 Å². The molecule has 0 fully saturated rings. The van der Waals surface area contributed by atoms with Crippen LogP contribution in [0.1, 0.15) is 16.2 Å². The quantitative estimate of drug-likeness (QED) is 0.501. The largest absolute Gasteiger partial charge is 0.340 e. The van der Waals surface area contributed by atoms with E-state index in [0.29, 0.717) is 23.7 Å². The summed E-state index contributed by atoms with van der Waals surface area (Å²) in [6.45, 7) is 0.596. The molecule has 0 saturated carbocycles. The zero-order valence-corrected chi connectivity index (χ0v) is 16.2. The van der Waals surface area contributed by atoms with E-state index in [4.69, 9.17) is 11.6 Å². The molecule has 0 bridgehead atoms. The minimum atomic E-state index is -0.0414. The summed E-state index contributed by atoms with van der Waals surface area (Å²) in [7, 11) is 1.81. The Hall–Kier alpha value is -2.70. The van der Waals surface area contributed by atoms with Crippen LogP contribution in [0.2, 0.25) is 5.02 Å². The van der Waals surface area contributed by atoms with Crippen LogP contribution in [-0.4, -0.2) is 38.8 Å². The lowest BCUT2D eigenvalue weighted by molar-refractivity contribution is 0.0790. The summed E-state index contributed by atoms with van der Waals surface area (Å²) in [5, 5.41) is 2.49. The molecule has 0 unspecified atom stereocenters. The van der Waals surface area contributed by atoms with Crippen LogP contribution in [-0.2, 0) is 6.42 Å². The first-order chi connectivity index (χ1) is 13.1. The van der Waals surface area contributed by atoms with Gasteiger partial charge in [0.25, 0.3) is 5.91 Å². The van der Waals surface area contributed by atoms with Crippen LogP contribution < -0.4 is 0 Å². The number of carbonyl (C=O) groups is 1. The second-order valence-electron chi connectivity index (χ2n) is 6.18. The highest BCUT2D eigenvalue weighted by Crippen LogP contribution is 2.29. The van der Waals surface area contributed by atoms with E-state index in [1.807, 2.05) is 58.4 Å². The second kappa shape index (κ2) is 7.50. The van der Waals surface area contributed by atoms with Gasteiger partial charge in [0.05, 0.1) is 10.7 Å². The number of fused-ring (bicyclic) bond motifs is 1. The number of amides is 1. The van der Waals surface area contributed by atoms with Crippen molar-refractivity contribution < 1.29 is 4.79 Å². The Labute approximate surface area is 165 Å². The predicted molar refractivity (Wildman–Crippen MR) is 108 cm³/mol. The molecular weight excluding hydrogens is 380 g/mol. The Bertz CT molecular complexity index is 1090. The minimum Gasteiger partial charge on any atom is -0.340 e. The molecule has 3 heterocycles. The maximum atomic E-state index is 12.9. The van der Waals surface area contributed by atoms with Crippen molar-refractivity contribution in [1.29, 1.82) is 0 Å². The number of imidazole rings is 1. The van der Waals surface area contributed by atoms with Gasteiger partial charge in [0.2, 0.25) is 0 Å². The third-order valence-electron chi connectivity index (χ3n) is 4.35. The number of rotatable bonds is 5. The lowest BCUT2D eigenvalue weighted by Gasteiger charge is -2.16. The van der Waals surface area contributed by atoms with Gasteiger partial charge in [-0.15, -0.1) is 11.3 Å². The molecule has 0 aliphatic carbocycles. The van der Waals surface area contributed by atoms with E-state index < -0.39 is 0 Å². The highest BCUT2D eigenvalue weighted by molar-refractivity contribution is 7.15. The summed E-state index contributed by atoms with van der Waals surface area (Å²) in [5.74, 6) is -0.0414. The van der Waals surface area contributed by atoms with Crippen molar-refractivity contribution in [2.24, 2.45) is 0 Å². The first kappa shape index (κ1) is 17.7. The summed E-state index contributed by atoms with van der Waals surface area (Å²) in [6.07, 6.45) is 4.35. The molecule has 1 aromatic carbocycles. The fraction of sp³-hybridized carbons (Fsp3) is 0.150. The summed E-state index contributed by atoms with van der Waals surface area (Å²) in [5.41, 5.74) is 3.19. The van der Waals surface area contributed by atoms with E-state index in [2.05, 4.69) is 9.97 Å². The third kappa shape index (κ3) is 3.59. The molecule has 4 aromatic rings. The Morgan fingerprint density at radius 1 is 1.22 bits per heavy atom. The highest BCUT2D eigenvalue weighted by Gasteiger charge is 2.19. The number of nitrogens with zero attached hydrogens (tertiary/aromatic N) is 4. The first-order valence-electron chi connectivity index (χ1n) is 8.50. The number of halogens is 1. The first-order valence-corrected chi connectivity index (χ1v) is 9.76. The molecule has 0 radical (unpaired) electrons. The van der Waals surface area contributed by atoms with E-state index in [-0.39, 0.29) is 5.91 Å². The molecule has 1 amide bonds. The number of carbonyl (C=O) groups excluding carboxylic acids is 1. The average Bonchev–Trinajstić information content (AvgIpc) is 3.27. The van der Waals surface area contributed by atoms with Crippen molar-refractivity contribution in [2.75, 3.05) is 13.6 Å². The molecule has 0 spiro atoms. The topological polar surface area (TPSA) is 50.5 Å². The molecule has 5 nitrogen and oxygen atoms in total. The molecule has 3 aromatic heterocycles. The molecule has 0 aliphatic rings. The SMILES string of the molecule is CN(CCc1ccccn1)C(=O)c1csc2nc(-c3ccccc3Cl)cn12. The monoisotopic (exact) mass is 396 g/mol. The van der Waals surface area contributed by atoms with Crippen LogP contribution >= 0.6 is 22.9 Å².